The fourth-order valence-corrected chi connectivity index (χ4v) is 2.86. The number of phenolic OH excluding ortho intramolecular Hbond substituents is 1. The third kappa shape index (κ3) is 4.01. The van der Waals surface area contributed by atoms with Crippen LogP contribution in [0.2, 0.25) is 0 Å². The molecule has 0 amide bonds. The lowest BCUT2D eigenvalue weighted by molar-refractivity contribution is 0.0467. The summed E-state index contributed by atoms with van der Waals surface area (Å²) in [6.07, 6.45) is 0. The number of nitrogens with zero attached hydrogens (tertiary/aromatic N) is 2. The Labute approximate surface area is 162 Å². The van der Waals surface area contributed by atoms with Crippen LogP contribution in [-0.2, 0) is 16.1 Å². The average molecular weight is 374 g/mol. The fraction of sp³-hybridized carbons (Fsp3) is 0.136. The van der Waals surface area contributed by atoms with Crippen LogP contribution in [0.25, 0.3) is 0 Å². The average Bonchev–Trinajstić information content (AvgIpc) is 3.24. The van der Waals surface area contributed by atoms with E-state index in [0.717, 1.165) is 5.56 Å². The van der Waals surface area contributed by atoms with Crippen molar-refractivity contribution < 1.29 is 19.4 Å². The Hall–Kier alpha value is -3.67. The van der Waals surface area contributed by atoms with Crippen LogP contribution >= 0.6 is 0 Å². The lowest BCUT2D eigenvalue weighted by atomic mass is 10.1. The molecule has 28 heavy (non-hydrogen) atoms. The van der Waals surface area contributed by atoms with Gasteiger partial charge in [0.25, 0.3) is 0 Å². The Morgan fingerprint density at radius 1 is 1.04 bits per heavy atom. The molecule has 1 atom stereocenters. The highest BCUT2D eigenvalue weighted by atomic mass is 16.5. The van der Waals surface area contributed by atoms with Gasteiger partial charge in [0.05, 0.1) is 11.3 Å². The minimum Gasteiger partial charge on any atom is -0.508 e. The van der Waals surface area contributed by atoms with Crippen LogP contribution < -0.4 is 0 Å². The molecular formula is C22H18N2O4. The van der Waals surface area contributed by atoms with E-state index in [-0.39, 0.29) is 18.4 Å². The van der Waals surface area contributed by atoms with Crippen LogP contribution in [0.5, 0.6) is 5.75 Å². The lowest BCUT2D eigenvalue weighted by Crippen LogP contribution is -2.09. The van der Waals surface area contributed by atoms with Crippen molar-refractivity contribution in [2.24, 2.45) is 4.99 Å². The largest absolute Gasteiger partial charge is 0.508 e. The summed E-state index contributed by atoms with van der Waals surface area (Å²) < 4.78 is 11.0. The first kappa shape index (κ1) is 17.7. The van der Waals surface area contributed by atoms with E-state index in [1.165, 1.54) is 24.3 Å². The maximum absolute atomic E-state index is 12.1. The van der Waals surface area contributed by atoms with E-state index < -0.39 is 5.97 Å². The molecule has 0 radical (unpaired) electrons. The van der Waals surface area contributed by atoms with Crippen molar-refractivity contribution in [2.75, 3.05) is 6.61 Å². The third-order valence-corrected chi connectivity index (χ3v) is 4.32. The first-order chi connectivity index (χ1) is 13.7. The van der Waals surface area contributed by atoms with Gasteiger partial charge in [-0.1, -0.05) is 36.4 Å². The number of carbonyl (C=O) groups excluding carboxylic acids is 1. The van der Waals surface area contributed by atoms with Crippen molar-refractivity contribution in [3.63, 3.8) is 0 Å². The summed E-state index contributed by atoms with van der Waals surface area (Å²) in [6.45, 7) is 0.504. The molecule has 6 nitrogen and oxygen atoms in total. The monoisotopic (exact) mass is 374 g/mol. The number of rotatable bonds is 5. The van der Waals surface area contributed by atoms with Gasteiger partial charge < -0.3 is 14.6 Å². The predicted octanol–water partition coefficient (Wildman–Crippen LogP) is 3.66. The lowest BCUT2D eigenvalue weighted by Gasteiger charge is -2.06. The van der Waals surface area contributed by atoms with Gasteiger partial charge in [0.2, 0.25) is 5.90 Å². The van der Waals surface area contributed by atoms with Gasteiger partial charge in [-0.25, -0.2) is 14.8 Å². The molecule has 140 valence electrons. The highest BCUT2D eigenvalue weighted by Gasteiger charge is 2.22. The second-order valence-electron chi connectivity index (χ2n) is 6.31. The van der Waals surface area contributed by atoms with Crippen LogP contribution in [0.1, 0.15) is 33.4 Å². The van der Waals surface area contributed by atoms with E-state index in [1.54, 1.807) is 6.07 Å². The molecule has 0 fully saturated rings. The smallest absolute Gasteiger partial charge is 0.338 e. The van der Waals surface area contributed by atoms with Gasteiger partial charge in [0.1, 0.15) is 30.7 Å². The summed E-state index contributed by atoms with van der Waals surface area (Å²) in [5, 5.41) is 9.29. The number of ether oxygens (including phenoxy) is 2. The Kier molecular flexibility index (Phi) is 5.01. The number of phenols is 1. The van der Waals surface area contributed by atoms with Crippen molar-refractivity contribution in [3.05, 3.63) is 95.3 Å². The second-order valence-corrected chi connectivity index (χ2v) is 6.31. The number of benzene rings is 2. The van der Waals surface area contributed by atoms with Gasteiger partial charge in [-0.15, -0.1) is 0 Å². The Morgan fingerprint density at radius 2 is 1.82 bits per heavy atom. The van der Waals surface area contributed by atoms with Crippen molar-refractivity contribution in [3.8, 4) is 5.75 Å². The summed E-state index contributed by atoms with van der Waals surface area (Å²) in [5.41, 5.74) is 2.66. The molecule has 1 aromatic heterocycles. The fourth-order valence-electron chi connectivity index (χ4n) is 2.86. The van der Waals surface area contributed by atoms with E-state index in [0.29, 0.717) is 29.5 Å². The molecule has 0 spiro atoms. The van der Waals surface area contributed by atoms with Crippen molar-refractivity contribution in [2.45, 2.75) is 12.6 Å². The molecular weight excluding hydrogens is 356 g/mol. The maximum atomic E-state index is 12.1. The van der Waals surface area contributed by atoms with Crippen molar-refractivity contribution >= 4 is 11.9 Å². The maximum Gasteiger partial charge on any atom is 0.338 e. The minimum absolute atomic E-state index is 0.0307. The van der Waals surface area contributed by atoms with Crippen LogP contribution in [-0.4, -0.2) is 28.6 Å². The first-order valence-electron chi connectivity index (χ1n) is 8.87. The van der Waals surface area contributed by atoms with E-state index >= 15 is 0 Å². The molecule has 2 aromatic carbocycles. The summed E-state index contributed by atoms with van der Waals surface area (Å²) >= 11 is 0. The van der Waals surface area contributed by atoms with Gasteiger partial charge in [0.15, 0.2) is 0 Å². The zero-order valence-corrected chi connectivity index (χ0v) is 15.0. The molecule has 2 heterocycles. The minimum atomic E-state index is -0.481. The summed E-state index contributed by atoms with van der Waals surface area (Å²) in [4.78, 5) is 21.2. The van der Waals surface area contributed by atoms with Gasteiger partial charge in [-0.3, -0.25) is 0 Å². The molecule has 0 saturated heterocycles. The zero-order chi connectivity index (χ0) is 19.3. The van der Waals surface area contributed by atoms with E-state index in [4.69, 9.17) is 9.47 Å². The first-order valence-corrected chi connectivity index (χ1v) is 8.87. The molecule has 0 saturated carbocycles. The normalized spacial score (nSPS) is 15.6. The molecule has 0 unspecified atom stereocenters. The summed E-state index contributed by atoms with van der Waals surface area (Å²) in [7, 11) is 0. The van der Waals surface area contributed by atoms with Crippen LogP contribution in [0.3, 0.4) is 0 Å². The number of hydrogen-bond donors (Lipinski definition) is 1. The topological polar surface area (TPSA) is 81.0 Å². The van der Waals surface area contributed by atoms with E-state index in [1.807, 2.05) is 42.5 Å². The molecule has 1 aliphatic rings. The number of esters is 1. The Balaban J connectivity index is 1.43. The highest BCUT2D eigenvalue weighted by Crippen LogP contribution is 2.24. The van der Waals surface area contributed by atoms with Gasteiger partial charge in [-0.05, 0) is 42.0 Å². The van der Waals surface area contributed by atoms with Crippen molar-refractivity contribution in [1.29, 1.82) is 0 Å². The molecule has 1 N–H and O–H groups in total. The number of aromatic nitrogens is 1. The quantitative estimate of drug-likeness (QED) is 0.689. The Morgan fingerprint density at radius 3 is 2.61 bits per heavy atom. The van der Waals surface area contributed by atoms with E-state index in [9.17, 15) is 9.90 Å². The van der Waals surface area contributed by atoms with Gasteiger partial charge in [0, 0.05) is 0 Å². The number of pyridine rings is 1. The number of carbonyl (C=O) groups is 1. The van der Waals surface area contributed by atoms with Crippen LogP contribution in [0.4, 0.5) is 0 Å². The SMILES string of the molecule is O=C(OCc1cccc(C2=N[C@H](c3ccccc3)CO2)n1)c1ccc(O)cc1. The predicted molar refractivity (Wildman–Crippen MR) is 103 cm³/mol. The summed E-state index contributed by atoms with van der Waals surface area (Å²) in [6, 6.07) is 21.2. The number of aliphatic imine (C=N–C) groups is 1. The second kappa shape index (κ2) is 7.92. The van der Waals surface area contributed by atoms with Crippen molar-refractivity contribution in [1.82, 2.24) is 4.98 Å². The molecule has 1 aliphatic heterocycles. The summed E-state index contributed by atoms with van der Waals surface area (Å²) in [5.74, 6) is 0.100. The molecule has 0 aliphatic carbocycles. The van der Waals surface area contributed by atoms with Crippen LogP contribution in [0.15, 0.2) is 77.8 Å². The third-order valence-electron chi connectivity index (χ3n) is 4.32. The molecule has 3 aromatic rings. The zero-order valence-electron chi connectivity index (χ0n) is 15.0. The molecule has 0 bridgehead atoms. The van der Waals surface area contributed by atoms with E-state index in [2.05, 4.69) is 9.98 Å². The van der Waals surface area contributed by atoms with Crippen LogP contribution in [0, 0.1) is 0 Å². The number of aromatic hydroxyl groups is 1. The van der Waals surface area contributed by atoms with Gasteiger partial charge >= 0.3 is 5.97 Å². The Bertz CT molecular complexity index is 1000. The number of hydrogen-bond acceptors (Lipinski definition) is 6. The van der Waals surface area contributed by atoms with Gasteiger partial charge in [-0.2, -0.15) is 0 Å². The molecule has 6 heteroatoms. The standard InChI is InChI=1S/C22H18N2O4/c25-18-11-9-16(10-12-18)22(26)28-13-17-7-4-8-19(23-17)21-24-20(14-27-21)15-5-2-1-3-6-15/h1-12,20,25H,13-14H2/t20-/m0/s1. The molecule has 4 rings (SSSR count). The highest BCUT2D eigenvalue weighted by molar-refractivity contribution is 5.93.